The summed E-state index contributed by atoms with van der Waals surface area (Å²) in [6.45, 7) is 2.24. The molecule has 6 nitrogen and oxygen atoms in total. The number of aryl methyl sites for hydroxylation is 2. The lowest BCUT2D eigenvalue weighted by atomic mass is 9.94. The highest BCUT2D eigenvalue weighted by atomic mass is 32.2. The zero-order valence-electron chi connectivity index (χ0n) is 23.7. The topological polar surface area (TPSA) is 89.9 Å². The first kappa shape index (κ1) is 29.7. The molecule has 8 heteroatoms. The second-order valence-corrected chi connectivity index (χ2v) is 13.4. The van der Waals surface area contributed by atoms with E-state index in [1.54, 1.807) is 37.3 Å². The molecule has 1 fully saturated rings. The molecule has 1 N–H and O–H groups in total. The number of benzene rings is 3. The van der Waals surface area contributed by atoms with Crippen LogP contribution in [0.4, 0.5) is 4.39 Å². The maximum Gasteiger partial charge on any atom is 0.304 e. The summed E-state index contributed by atoms with van der Waals surface area (Å²) in [7, 11) is -2.89. The van der Waals surface area contributed by atoms with Crippen molar-refractivity contribution in [1.82, 2.24) is 0 Å². The zero-order chi connectivity index (χ0) is 29.7. The smallest absolute Gasteiger partial charge is 0.304 e. The zero-order valence-corrected chi connectivity index (χ0v) is 24.5. The summed E-state index contributed by atoms with van der Waals surface area (Å²) in [6.07, 6.45) is 3.72. The summed E-state index contributed by atoms with van der Waals surface area (Å²) >= 11 is 0. The molecule has 5 rings (SSSR count). The minimum absolute atomic E-state index is 0.0550. The molecule has 2 aliphatic rings. The molecule has 0 bridgehead atoms. The largest absolute Gasteiger partial charge is 0.493 e. The number of aliphatic carboxylic acids is 1. The van der Waals surface area contributed by atoms with Crippen molar-refractivity contribution in [1.29, 1.82) is 0 Å². The maximum absolute atomic E-state index is 15.1. The second-order valence-electron chi connectivity index (χ2n) is 11.1. The molecule has 1 heterocycles. The van der Waals surface area contributed by atoms with E-state index in [1.807, 2.05) is 18.2 Å². The maximum atomic E-state index is 15.1. The van der Waals surface area contributed by atoms with Gasteiger partial charge in [-0.3, -0.25) is 4.79 Å². The average Bonchev–Trinajstić information content (AvgIpc) is 3.13. The van der Waals surface area contributed by atoms with Gasteiger partial charge in [0.25, 0.3) is 0 Å². The summed E-state index contributed by atoms with van der Waals surface area (Å²) in [6, 6.07) is 16.6. The average molecular weight is 591 g/mol. The number of halogens is 1. The van der Waals surface area contributed by atoms with E-state index in [0.29, 0.717) is 30.8 Å². The number of carboxylic acids is 1. The molecule has 0 amide bonds. The molecule has 0 unspecified atom stereocenters. The fraction of sp³-hybridized carbons (Fsp3) is 0.382. The van der Waals surface area contributed by atoms with Crippen LogP contribution in [0.5, 0.6) is 11.5 Å². The van der Waals surface area contributed by atoms with Gasteiger partial charge in [-0.2, -0.15) is 0 Å². The SMILES string of the molecule is CC#C[C@@H](CC(=O)O)c1ccc(OCc2cc3c(cc2F)CCCc2cc(OCC4CCS(=O)(=O)CC4)ccc2-3)cc1. The van der Waals surface area contributed by atoms with Gasteiger partial charge in [-0.1, -0.05) is 24.1 Å². The molecule has 0 aromatic heterocycles. The third-order valence-corrected chi connectivity index (χ3v) is 9.78. The van der Waals surface area contributed by atoms with Crippen LogP contribution in [0, 0.1) is 23.6 Å². The van der Waals surface area contributed by atoms with Crippen molar-refractivity contribution in [2.45, 2.75) is 58.0 Å². The summed E-state index contributed by atoms with van der Waals surface area (Å²) < 4.78 is 50.6. The Labute approximate surface area is 246 Å². The minimum Gasteiger partial charge on any atom is -0.493 e. The molecule has 3 aromatic carbocycles. The second kappa shape index (κ2) is 13.0. The molecule has 1 atom stereocenters. The van der Waals surface area contributed by atoms with E-state index in [1.165, 1.54) is 0 Å². The van der Waals surface area contributed by atoms with E-state index in [4.69, 9.17) is 9.47 Å². The quantitative estimate of drug-likeness (QED) is 0.292. The first-order chi connectivity index (χ1) is 20.2. The lowest BCUT2D eigenvalue weighted by Gasteiger charge is -2.22. The van der Waals surface area contributed by atoms with Crippen LogP contribution in [0.2, 0.25) is 0 Å². The Morgan fingerprint density at radius 2 is 1.67 bits per heavy atom. The van der Waals surface area contributed by atoms with E-state index in [0.717, 1.165) is 52.8 Å². The van der Waals surface area contributed by atoms with E-state index >= 15 is 4.39 Å². The highest BCUT2D eigenvalue weighted by Gasteiger charge is 2.24. The number of fused-ring (bicyclic) bond motifs is 3. The molecule has 42 heavy (non-hydrogen) atoms. The third kappa shape index (κ3) is 7.32. The molecular formula is C34H35FO6S. The molecule has 1 saturated heterocycles. The molecule has 3 aromatic rings. The van der Waals surface area contributed by atoms with Crippen LogP contribution in [0.15, 0.2) is 54.6 Å². The van der Waals surface area contributed by atoms with Crippen LogP contribution >= 0.6 is 0 Å². The Morgan fingerprint density at radius 3 is 2.36 bits per heavy atom. The van der Waals surface area contributed by atoms with Crippen LogP contribution in [0.25, 0.3) is 11.1 Å². The van der Waals surface area contributed by atoms with E-state index in [9.17, 15) is 18.3 Å². The lowest BCUT2D eigenvalue weighted by Crippen LogP contribution is -2.26. The van der Waals surface area contributed by atoms with Gasteiger partial charge in [0.1, 0.15) is 33.8 Å². The summed E-state index contributed by atoms with van der Waals surface area (Å²) in [5.74, 6) is 6.15. The number of carbonyl (C=O) groups is 1. The fourth-order valence-corrected chi connectivity index (χ4v) is 7.29. The number of ether oxygens (including phenoxy) is 2. The van der Waals surface area contributed by atoms with E-state index < -0.39 is 21.7 Å². The molecule has 1 aliphatic carbocycles. The van der Waals surface area contributed by atoms with Gasteiger partial charge in [0.05, 0.1) is 30.5 Å². The predicted molar refractivity (Wildman–Crippen MR) is 160 cm³/mol. The normalized spacial score (nSPS) is 16.6. The molecule has 0 spiro atoms. The van der Waals surface area contributed by atoms with E-state index in [-0.39, 0.29) is 36.3 Å². The van der Waals surface area contributed by atoms with Crippen molar-refractivity contribution in [2.75, 3.05) is 18.1 Å². The summed E-state index contributed by atoms with van der Waals surface area (Å²) in [5.41, 5.74) is 5.43. The Hall–Kier alpha value is -3.83. The van der Waals surface area contributed by atoms with Gasteiger partial charge in [-0.15, -0.1) is 5.92 Å². The highest BCUT2D eigenvalue weighted by molar-refractivity contribution is 7.91. The highest BCUT2D eigenvalue weighted by Crippen LogP contribution is 2.36. The van der Waals surface area contributed by atoms with Crippen LogP contribution in [0.3, 0.4) is 0 Å². The number of sulfone groups is 1. The van der Waals surface area contributed by atoms with Gasteiger partial charge < -0.3 is 14.6 Å². The van der Waals surface area contributed by atoms with Gasteiger partial charge in [-0.05, 0) is 109 Å². The number of rotatable bonds is 9. The summed E-state index contributed by atoms with van der Waals surface area (Å²) in [5, 5.41) is 9.18. The van der Waals surface area contributed by atoms with Crippen molar-refractivity contribution >= 4 is 15.8 Å². The van der Waals surface area contributed by atoms with Gasteiger partial charge in [0, 0.05) is 5.56 Å². The Morgan fingerprint density at radius 1 is 0.976 bits per heavy atom. The van der Waals surface area contributed by atoms with Crippen LogP contribution < -0.4 is 9.47 Å². The number of hydrogen-bond acceptors (Lipinski definition) is 5. The minimum atomic E-state index is -2.89. The van der Waals surface area contributed by atoms with Crippen LogP contribution in [0.1, 0.15) is 60.8 Å². The number of hydrogen-bond donors (Lipinski definition) is 1. The molecule has 0 radical (unpaired) electrons. The van der Waals surface area contributed by atoms with Crippen molar-refractivity contribution in [3.63, 3.8) is 0 Å². The van der Waals surface area contributed by atoms with Gasteiger partial charge in [0.15, 0.2) is 0 Å². The Kier molecular flexibility index (Phi) is 9.18. The molecule has 1 aliphatic heterocycles. The monoisotopic (exact) mass is 590 g/mol. The molecule has 0 saturated carbocycles. The first-order valence-corrected chi connectivity index (χ1v) is 16.2. The van der Waals surface area contributed by atoms with Crippen molar-refractivity contribution in [3.8, 4) is 34.5 Å². The van der Waals surface area contributed by atoms with Gasteiger partial charge >= 0.3 is 5.97 Å². The predicted octanol–water partition coefficient (Wildman–Crippen LogP) is 6.35. The Bertz CT molecular complexity index is 1600. The van der Waals surface area contributed by atoms with Crippen molar-refractivity contribution in [3.05, 3.63) is 82.7 Å². The van der Waals surface area contributed by atoms with Crippen molar-refractivity contribution < 1.29 is 32.2 Å². The van der Waals surface area contributed by atoms with Crippen LogP contribution in [-0.2, 0) is 34.1 Å². The lowest BCUT2D eigenvalue weighted by molar-refractivity contribution is -0.137. The molecule has 220 valence electrons. The van der Waals surface area contributed by atoms with Crippen LogP contribution in [-0.4, -0.2) is 37.6 Å². The van der Waals surface area contributed by atoms with Crippen molar-refractivity contribution in [2.24, 2.45) is 5.92 Å². The first-order valence-electron chi connectivity index (χ1n) is 14.4. The number of carboxylic acid groups (broad SMARTS) is 1. The Balaban J connectivity index is 1.28. The van der Waals surface area contributed by atoms with E-state index in [2.05, 4.69) is 17.9 Å². The standard InChI is InChI=1S/C34H35FO6S/c1-2-4-25(20-34(36)37)24-7-9-29(10-8-24)41-22-28-18-32-27(19-33(28)35)6-3-5-26-17-30(11-12-31(26)32)40-21-23-13-15-42(38,39)16-14-23/h7-12,17-19,23,25H,3,5-6,13-16,20-22H2,1H3,(H,36,37)/t25-/m0/s1. The fourth-order valence-electron chi connectivity index (χ4n) is 5.70. The molecular weight excluding hydrogens is 555 g/mol. The summed E-state index contributed by atoms with van der Waals surface area (Å²) in [4.78, 5) is 11.2. The third-order valence-electron chi connectivity index (χ3n) is 8.07. The van der Waals surface area contributed by atoms with Gasteiger partial charge in [0.2, 0.25) is 0 Å². The van der Waals surface area contributed by atoms with Gasteiger partial charge in [-0.25, -0.2) is 12.8 Å².